The number of methoxy groups -OCH3 is 1. The van der Waals surface area contributed by atoms with Crippen molar-refractivity contribution in [2.45, 2.75) is 37.8 Å². The Morgan fingerprint density at radius 1 is 1.07 bits per heavy atom. The third kappa shape index (κ3) is 4.42. The van der Waals surface area contributed by atoms with Crippen molar-refractivity contribution in [2.24, 2.45) is 7.05 Å². The van der Waals surface area contributed by atoms with Gasteiger partial charge in [-0.2, -0.15) is 5.10 Å². The van der Waals surface area contributed by atoms with E-state index in [4.69, 9.17) is 9.47 Å². The average molecular weight is 407 g/mol. The highest BCUT2D eigenvalue weighted by Gasteiger charge is 2.26. The van der Waals surface area contributed by atoms with E-state index in [1.54, 1.807) is 31.2 Å². The number of hydrogen-bond donors (Lipinski definition) is 1. The second-order valence-electron chi connectivity index (χ2n) is 7.34. The lowest BCUT2D eigenvalue weighted by Gasteiger charge is -2.29. The van der Waals surface area contributed by atoms with Gasteiger partial charge in [-0.1, -0.05) is 30.3 Å². The van der Waals surface area contributed by atoms with Crippen LogP contribution >= 0.6 is 0 Å². The first-order chi connectivity index (χ1) is 14.6. The first-order valence-corrected chi connectivity index (χ1v) is 10.1. The molecule has 0 spiro atoms. The second kappa shape index (κ2) is 8.94. The molecular formula is C22H25N5O3. The van der Waals surface area contributed by atoms with Gasteiger partial charge in [-0.3, -0.25) is 9.48 Å². The molecule has 0 saturated heterocycles. The number of nitrogens with zero attached hydrogens (tertiary/aromatic N) is 4. The van der Waals surface area contributed by atoms with Crippen molar-refractivity contribution < 1.29 is 14.3 Å². The van der Waals surface area contributed by atoms with Crippen molar-refractivity contribution in [1.29, 1.82) is 0 Å². The summed E-state index contributed by atoms with van der Waals surface area (Å²) < 4.78 is 12.8. The maximum Gasteiger partial charge on any atom is 0.278 e. The molecule has 3 aromatic rings. The van der Waals surface area contributed by atoms with Crippen LogP contribution in [0.5, 0.6) is 11.8 Å². The van der Waals surface area contributed by atoms with E-state index in [0.717, 1.165) is 36.9 Å². The number of rotatable bonds is 6. The predicted molar refractivity (Wildman–Crippen MR) is 111 cm³/mol. The van der Waals surface area contributed by atoms with Crippen LogP contribution in [-0.4, -0.2) is 44.9 Å². The molecular weight excluding hydrogens is 382 g/mol. The highest BCUT2D eigenvalue weighted by atomic mass is 16.5. The SMILES string of the molecule is COc1nccnc1OC1CCC(NC(=O)c2cc(-c3ccccc3)nn2C)CC1. The molecule has 0 atom stereocenters. The van der Waals surface area contributed by atoms with E-state index >= 15 is 0 Å². The molecule has 8 heteroatoms. The van der Waals surface area contributed by atoms with Gasteiger partial charge in [0.2, 0.25) is 0 Å². The molecule has 1 aliphatic rings. The molecule has 156 valence electrons. The van der Waals surface area contributed by atoms with Crippen molar-refractivity contribution in [2.75, 3.05) is 7.11 Å². The minimum Gasteiger partial charge on any atom is -0.477 e. The van der Waals surface area contributed by atoms with Crippen LogP contribution in [0.25, 0.3) is 11.3 Å². The molecule has 0 bridgehead atoms. The number of carbonyl (C=O) groups is 1. The molecule has 1 fully saturated rings. The summed E-state index contributed by atoms with van der Waals surface area (Å²) in [4.78, 5) is 21.1. The van der Waals surface area contributed by atoms with Crippen molar-refractivity contribution in [3.63, 3.8) is 0 Å². The van der Waals surface area contributed by atoms with Gasteiger partial charge in [0.1, 0.15) is 11.8 Å². The summed E-state index contributed by atoms with van der Waals surface area (Å²) >= 11 is 0. The maximum atomic E-state index is 12.8. The third-order valence-corrected chi connectivity index (χ3v) is 5.30. The summed E-state index contributed by atoms with van der Waals surface area (Å²) in [6.45, 7) is 0. The van der Waals surface area contributed by atoms with Gasteiger partial charge >= 0.3 is 0 Å². The van der Waals surface area contributed by atoms with E-state index in [1.807, 2.05) is 36.4 Å². The van der Waals surface area contributed by atoms with Crippen LogP contribution in [0.15, 0.2) is 48.8 Å². The number of carbonyl (C=O) groups excluding carboxylic acids is 1. The Morgan fingerprint density at radius 2 is 1.77 bits per heavy atom. The Balaban J connectivity index is 1.33. The smallest absolute Gasteiger partial charge is 0.278 e. The van der Waals surface area contributed by atoms with Gasteiger partial charge in [-0.05, 0) is 31.7 Å². The molecule has 1 aliphatic carbocycles. The molecule has 2 aromatic heterocycles. The number of amides is 1. The highest BCUT2D eigenvalue weighted by molar-refractivity contribution is 5.93. The van der Waals surface area contributed by atoms with Crippen molar-refractivity contribution >= 4 is 5.91 Å². The van der Waals surface area contributed by atoms with Crippen molar-refractivity contribution in [3.05, 3.63) is 54.5 Å². The fourth-order valence-electron chi connectivity index (χ4n) is 3.71. The minimum absolute atomic E-state index is 0.0325. The second-order valence-corrected chi connectivity index (χ2v) is 7.34. The molecule has 4 rings (SSSR count). The highest BCUT2D eigenvalue weighted by Crippen LogP contribution is 2.27. The first kappa shape index (κ1) is 19.9. The number of hydrogen-bond acceptors (Lipinski definition) is 6. The van der Waals surface area contributed by atoms with E-state index in [9.17, 15) is 4.79 Å². The lowest BCUT2D eigenvalue weighted by molar-refractivity contribution is 0.0877. The Hall–Kier alpha value is -3.42. The fourth-order valence-corrected chi connectivity index (χ4v) is 3.71. The van der Waals surface area contributed by atoms with Gasteiger partial charge in [0, 0.05) is 31.0 Å². The van der Waals surface area contributed by atoms with Crippen LogP contribution in [0.2, 0.25) is 0 Å². The monoisotopic (exact) mass is 407 g/mol. The molecule has 1 aromatic carbocycles. The minimum atomic E-state index is -0.104. The first-order valence-electron chi connectivity index (χ1n) is 10.1. The summed E-state index contributed by atoms with van der Waals surface area (Å²) in [5.41, 5.74) is 2.33. The zero-order valence-electron chi connectivity index (χ0n) is 17.1. The van der Waals surface area contributed by atoms with E-state index in [2.05, 4.69) is 20.4 Å². The van der Waals surface area contributed by atoms with Gasteiger partial charge < -0.3 is 14.8 Å². The third-order valence-electron chi connectivity index (χ3n) is 5.30. The lowest BCUT2D eigenvalue weighted by atomic mass is 9.93. The molecule has 1 saturated carbocycles. The number of benzene rings is 1. The van der Waals surface area contributed by atoms with Crippen LogP contribution in [0.1, 0.15) is 36.2 Å². The van der Waals surface area contributed by atoms with Gasteiger partial charge in [-0.25, -0.2) is 9.97 Å². The summed E-state index contributed by atoms with van der Waals surface area (Å²) in [6.07, 6.45) is 6.51. The number of aryl methyl sites for hydroxylation is 1. The van der Waals surface area contributed by atoms with Crippen LogP contribution in [0, 0.1) is 0 Å². The quantitative estimate of drug-likeness (QED) is 0.675. The Bertz CT molecular complexity index is 997. The number of nitrogens with one attached hydrogen (secondary N) is 1. The van der Waals surface area contributed by atoms with Gasteiger partial charge in [0.05, 0.1) is 12.8 Å². The number of aromatic nitrogens is 4. The van der Waals surface area contributed by atoms with Crippen LogP contribution in [0.3, 0.4) is 0 Å². The van der Waals surface area contributed by atoms with E-state index in [0.29, 0.717) is 17.5 Å². The summed E-state index contributed by atoms with van der Waals surface area (Å²) in [7, 11) is 3.34. The van der Waals surface area contributed by atoms with E-state index < -0.39 is 0 Å². The Labute approximate surface area is 175 Å². The van der Waals surface area contributed by atoms with E-state index in [-0.39, 0.29) is 18.1 Å². The maximum absolute atomic E-state index is 12.8. The zero-order chi connectivity index (χ0) is 20.9. The number of ether oxygens (including phenoxy) is 2. The van der Waals surface area contributed by atoms with Crippen molar-refractivity contribution in [3.8, 4) is 23.0 Å². The molecule has 0 unspecified atom stereocenters. The normalized spacial score (nSPS) is 18.6. The molecule has 30 heavy (non-hydrogen) atoms. The summed E-state index contributed by atoms with van der Waals surface area (Å²) in [5, 5.41) is 7.62. The molecule has 0 radical (unpaired) electrons. The summed E-state index contributed by atoms with van der Waals surface area (Å²) in [5.74, 6) is 0.696. The van der Waals surface area contributed by atoms with Gasteiger partial charge in [-0.15, -0.1) is 0 Å². The predicted octanol–water partition coefficient (Wildman–Crippen LogP) is 3.01. The largest absolute Gasteiger partial charge is 0.477 e. The molecule has 0 aliphatic heterocycles. The lowest BCUT2D eigenvalue weighted by Crippen LogP contribution is -2.40. The van der Waals surface area contributed by atoms with Crippen molar-refractivity contribution in [1.82, 2.24) is 25.1 Å². The molecule has 2 heterocycles. The zero-order valence-corrected chi connectivity index (χ0v) is 17.1. The van der Waals surface area contributed by atoms with Crippen LogP contribution < -0.4 is 14.8 Å². The van der Waals surface area contributed by atoms with Crippen LogP contribution in [0.4, 0.5) is 0 Å². The summed E-state index contributed by atoms with van der Waals surface area (Å²) in [6, 6.07) is 11.8. The molecule has 1 N–H and O–H groups in total. The average Bonchev–Trinajstić information content (AvgIpc) is 3.18. The molecule has 8 nitrogen and oxygen atoms in total. The Morgan fingerprint density at radius 3 is 2.47 bits per heavy atom. The fraction of sp³-hybridized carbons (Fsp3) is 0.364. The van der Waals surface area contributed by atoms with E-state index in [1.165, 1.54) is 0 Å². The topological polar surface area (TPSA) is 91.2 Å². The van der Waals surface area contributed by atoms with Gasteiger partial charge in [0.25, 0.3) is 17.7 Å². The standard InChI is InChI=1S/C22H25N5O3/c1-27-19(14-18(26-27)15-6-4-3-5-7-15)20(28)25-16-8-10-17(11-9-16)30-22-21(29-2)23-12-13-24-22/h3-7,12-14,16-17H,8-11H2,1-2H3,(H,25,28). The van der Waals surface area contributed by atoms with Gasteiger partial charge in [0.15, 0.2) is 0 Å². The Kier molecular flexibility index (Phi) is 5.92. The molecule has 1 amide bonds. The van der Waals surface area contributed by atoms with Crippen LogP contribution in [-0.2, 0) is 7.05 Å².